The summed E-state index contributed by atoms with van der Waals surface area (Å²) in [6.45, 7) is 7.16. The van der Waals surface area contributed by atoms with Crippen LogP contribution in [0.2, 0.25) is 0 Å². The van der Waals surface area contributed by atoms with Crippen LogP contribution in [0, 0.1) is 5.41 Å². The maximum absolute atomic E-state index is 11.2. The Morgan fingerprint density at radius 3 is 2.89 bits per heavy atom. The van der Waals surface area contributed by atoms with Gasteiger partial charge in [0.25, 0.3) is 0 Å². The first-order valence-electron chi connectivity index (χ1n) is 7.09. The van der Waals surface area contributed by atoms with Crippen molar-refractivity contribution >= 4 is 5.97 Å². The Morgan fingerprint density at radius 2 is 2.26 bits per heavy atom. The average Bonchev–Trinajstić information content (AvgIpc) is 2.71. The molecule has 0 aliphatic heterocycles. The molecule has 4 heteroatoms. The predicted octanol–water partition coefficient (Wildman–Crippen LogP) is 2.59. The number of carboxylic acids is 1. The predicted molar refractivity (Wildman–Crippen MR) is 75.2 cm³/mol. The van der Waals surface area contributed by atoms with Gasteiger partial charge in [-0.05, 0) is 50.8 Å². The number of carboxylic acid groups (broad SMARTS) is 1. The van der Waals surface area contributed by atoms with E-state index in [1.165, 1.54) is 24.0 Å². The first-order valence-corrected chi connectivity index (χ1v) is 7.09. The molecule has 19 heavy (non-hydrogen) atoms. The lowest BCUT2D eigenvalue weighted by molar-refractivity contribution is -0.147. The zero-order chi connectivity index (χ0) is 14.0. The number of hydrogen-bond donors (Lipinski definition) is 2. The Kier molecular flexibility index (Phi) is 3.99. The molecule has 1 atom stereocenters. The topological polar surface area (TPSA) is 54.3 Å². The zero-order valence-electron chi connectivity index (χ0n) is 12.1. The lowest BCUT2D eigenvalue weighted by atomic mass is 9.91. The van der Waals surface area contributed by atoms with Crippen LogP contribution in [-0.2, 0) is 17.8 Å². The Labute approximate surface area is 114 Å². The van der Waals surface area contributed by atoms with Crippen LogP contribution in [0.5, 0.6) is 0 Å². The van der Waals surface area contributed by atoms with Crippen LogP contribution in [-0.4, -0.2) is 22.2 Å². The summed E-state index contributed by atoms with van der Waals surface area (Å²) in [5.74, 6) is -0.748. The highest BCUT2D eigenvalue weighted by Crippen LogP contribution is 2.31. The number of nitrogens with one attached hydrogen (secondary N) is 1. The van der Waals surface area contributed by atoms with Crippen molar-refractivity contribution in [2.45, 2.75) is 52.6 Å². The summed E-state index contributed by atoms with van der Waals surface area (Å²) in [7, 11) is 0. The molecule has 1 aromatic heterocycles. The minimum atomic E-state index is -0.748. The Bertz CT molecular complexity index is 463. The smallest absolute Gasteiger partial charge is 0.310 e. The Morgan fingerprint density at radius 1 is 1.53 bits per heavy atom. The van der Waals surface area contributed by atoms with E-state index in [9.17, 15) is 9.90 Å². The maximum Gasteiger partial charge on any atom is 0.310 e. The minimum Gasteiger partial charge on any atom is -0.481 e. The molecule has 2 N–H and O–H groups in total. The van der Waals surface area contributed by atoms with Gasteiger partial charge in [-0.15, -0.1) is 0 Å². The average molecular weight is 264 g/mol. The number of rotatable bonds is 5. The fourth-order valence-corrected chi connectivity index (χ4v) is 2.82. The quantitative estimate of drug-likeness (QED) is 0.859. The molecule has 1 aromatic rings. The van der Waals surface area contributed by atoms with Crippen LogP contribution >= 0.6 is 0 Å². The van der Waals surface area contributed by atoms with Crippen molar-refractivity contribution in [2.75, 3.05) is 6.54 Å². The summed E-state index contributed by atoms with van der Waals surface area (Å²) < 4.78 is 2.05. The van der Waals surface area contributed by atoms with E-state index in [0.717, 1.165) is 13.0 Å². The van der Waals surface area contributed by atoms with Crippen molar-refractivity contribution < 1.29 is 9.90 Å². The molecule has 0 saturated heterocycles. The molecule has 106 valence electrons. The molecule has 1 aliphatic carbocycles. The van der Waals surface area contributed by atoms with Gasteiger partial charge < -0.3 is 15.0 Å². The fraction of sp³-hybridized carbons (Fsp3) is 0.667. The molecule has 2 rings (SSSR count). The molecule has 0 radical (unpaired) electrons. The molecule has 0 amide bonds. The number of hydrogen-bond acceptors (Lipinski definition) is 2. The van der Waals surface area contributed by atoms with E-state index in [1.807, 2.05) is 0 Å². The van der Waals surface area contributed by atoms with E-state index in [2.05, 4.69) is 29.2 Å². The number of aromatic nitrogens is 1. The van der Waals surface area contributed by atoms with Gasteiger partial charge in [0.2, 0.25) is 0 Å². The van der Waals surface area contributed by atoms with E-state index in [0.29, 0.717) is 12.6 Å². The van der Waals surface area contributed by atoms with Crippen LogP contribution in [0.4, 0.5) is 0 Å². The highest BCUT2D eigenvalue weighted by Gasteiger charge is 2.29. The van der Waals surface area contributed by atoms with Gasteiger partial charge in [0, 0.05) is 25.0 Å². The number of fused-ring (bicyclic) bond motifs is 1. The van der Waals surface area contributed by atoms with Crippen molar-refractivity contribution in [3.8, 4) is 0 Å². The van der Waals surface area contributed by atoms with Crippen molar-refractivity contribution in [1.29, 1.82) is 0 Å². The van der Waals surface area contributed by atoms with Crippen LogP contribution in [0.3, 0.4) is 0 Å². The maximum atomic E-state index is 11.2. The third-order valence-electron chi connectivity index (χ3n) is 3.92. The van der Waals surface area contributed by atoms with Crippen molar-refractivity contribution in [3.05, 3.63) is 23.5 Å². The first-order chi connectivity index (χ1) is 8.94. The lowest BCUT2D eigenvalue weighted by Gasteiger charge is -2.23. The first kappa shape index (κ1) is 14.1. The SMILES string of the molecule is CCNC1CCCc2cn(CC(C)(C)C(=O)O)cc21. The van der Waals surface area contributed by atoms with Gasteiger partial charge in [0.15, 0.2) is 0 Å². The molecular formula is C15H24N2O2. The third-order valence-corrected chi connectivity index (χ3v) is 3.92. The van der Waals surface area contributed by atoms with Gasteiger partial charge in [-0.1, -0.05) is 6.92 Å². The summed E-state index contributed by atoms with van der Waals surface area (Å²) in [4.78, 5) is 11.2. The summed E-state index contributed by atoms with van der Waals surface area (Å²) in [6.07, 6.45) is 7.75. The molecule has 0 aromatic carbocycles. The Hall–Kier alpha value is -1.29. The van der Waals surface area contributed by atoms with Crippen LogP contribution in [0.1, 0.15) is 50.8 Å². The standard InChI is InChI=1S/C15H24N2O2/c1-4-16-13-7-5-6-11-8-17(9-12(11)13)10-15(2,3)14(18)19/h8-9,13,16H,4-7,10H2,1-3H3,(H,18,19). The summed E-state index contributed by atoms with van der Waals surface area (Å²) in [5.41, 5.74) is 2.00. The Balaban J connectivity index is 2.19. The lowest BCUT2D eigenvalue weighted by Crippen LogP contribution is -2.28. The number of aryl methyl sites for hydroxylation is 1. The largest absolute Gasteiger partial charge is 0.481 e. The highest BCUT2D eigenvalue weighted by molar-refractivity contribution is 5.73. The second-order valence-electron chi connectivity index (χ2n) is 6.10. The summed E-state index contributed by atoms with van der Waals surface area (Å²) in [6, 6.07) is 0.433. The van der Waals surface area contributed by atoms with E-state index < -0.39 is 11.4 Å². The second-order valence-corrected chi connectivity index (χ2v) is 6.10. The molecule has 4 nitrogen and oxygen atoms in total. The van der Waals surface area contributed by atoms with E-state index in [1.54, 1.807) is 13.8 Å². The third kappa shape index (κ3) is 3.00. The molecule has 1 aliphatic rings. The number of carbonyl (C=O) groups is 1. The monoisotopic (exact) mass is 264 g/mol. The molecule has 0 bridgehead atoms. The number of nitrogens with zero attached hydrogens (tertiary/aromatic N) is 1. The van der Waals surface area contributed by atoms with Crippen LogP contribution < -0.4 is 5.32 Å². The van der Waals surface area contributed by atoms with Gasteiger partial charge >= 0.3 is 5.97 Å². The van der Waals surface area contributed by atoms with Gasteiger partial charge in [0.05, 0.1) is 5.41 Å². The van der Waals surface area contributed by atoms with Crippen molar-refractivity contribution in [3.63, 3.8) is 0 Å². The molecule has 0 spiro atoms. The van der Waals surface area contributed by atoms with Gasteiger partial charge in [-0.3, -0.25) is 4.79 Å². The molecule has 0 saturated carbocycles. The van der Waals surface area contributed by atoms with E-state index in [4.69, 9.17) is 0 Å². The van der Waals surface area contributed by atoms with E-state index >= 15 is 0 Å². The molecule has 1 unspecified atom stereocenters. The van der Waals surface area contributed by atoms with E-state index in [-0.39, 0.29) is 0 Å². The molecule has 0 fully saturated rings. The summed E-state index contributed by atoms with van der Waals surface area (Å²) >= 11 is 0. The molecular weight excluding hydrogens is 240 g/mol. The van der Waals surface area contributed by atoms with Crippen LogP contribution in [0.25, 0.3) is 0 Å². The van der Waals surface area contributed by atoms with Gasteiger partial charge in [-0.2, -0.15) is 0 Å². The van der Waals surface area contributed by atoms with Gasteiger partial charge in [0.1, 0.15) is 0 Å². The van der Waals surface area contributed by atoms with Crippen molar-refractivity contribution in [2.24, 2.45) is 5.41 Å². The normalized spacial score (nSPS) is 19.2. The molecule has 1 heterocycles. The van der Waals surface area contributed by atoms with Crippen molar-refractivity contribution in [1.82, 2.24) is 9.88 Å². The number of aliphatic carboxylic acids is 1. The highest BCUT2D eigenvalue weighted by atomic mass is 16.4. The van der Waals surface area contributed by atoms with Crippen LogP contribution in [0.15, 0.2) is 12.4 Å². The zero-order valence-corrected chi connectivity index (χ0v) is 12.1. The fourth-order valence-electron chi connectivity index (χ4n) is 2.82. The minimum absolute atomic E-state index is 0.433. The summed E-state index contributed by atoms with van der Waals surface area (Å²) in [5, 5.41) is 12.7. The van der Waals surface area contributed by atoms with Gasteiger partial charge in [-0.25, -0.2) is 0 Å². The second kappa shape index (κ2) is 5.37.